The summed E-state index contributed by atoms with van der Waals surface area (Å²) in [6.07, 6.45) is 4.44. The van der Waals surface area contributed by atoms with Crippen molar-refractivity contribution >= 4 is 11.9 Å². The number of aromatic nitrogens is 3. The Balaban J connectivity index is 2.30. The molecule has 0 saturated heterocycles. The van der Waals surface area contributed by atoms with E-state index in [1.54, 1.807) is 17.1 Å². The summed E-state index contributed by atoms with van der Waals surface area (Å²) in [6.45, 7) is 4.96. The second-order valence-corrected chi connectivity index (χ2v) is 5.31. The zero-order chi connectivity index (χ0) is 15.0. The van der Waals surface area contributed by atoms with Crippen LogP contribution in [0.5, 0.6) is 0 Å². The predicted molar refractivity (Wildman–Crippen MR) is 72.8 cm³/mol. The van der Waals surface area contributed by atoms with Gasteiger partial charge in [-0.3, -0.25) is 14.3 Å². The van der Waals surface area contributed by atoms with Crippen LogP contribution >= 0.6 is 0 Å². The fourth-order valence-corrected chi connectivity index (χ4v) is 2.07. The van der Waals surface area contributed by atoms with E-state index in [9.17, 15) is 9.59 Å². The minimum absolute atomic E-state index is 0.0252. The van der Waals surface area contributed by atoms with Gasteiger partial charge in [-0.05, 0) is 18.3 Å². The number of hydrogen-bond donors (Lipinski definition) is 2. The maximum absolute atomic E-state index is 11.7. The second kappa shape index (κ2) is 8.29. The molecule has 1 rings (SSSR count). The fraction of sp³-hybridized carbons (Fsp3) is 0.692. The number of carbonyl (C=O) groups excluding carboxylic acids is 1. The van der Waals surface area contributed by atoms with Crippen LogP contribution in [-0.4, -0.2) is 38.5 Å². The van der Waals surface area contributed by atoms with Crippen molar-refractivity contribution in [3.8, 4) is 0 Å². The number of amides is 1. The Bertz CT molecular complexity index is 417. The Morgan fingerprint density at radius 1 is 1.40 bits per heavy atom. The Morgan fingerprint density at radius 2 is 2.15 bits per heavy atom. The molecule has 1 amide bonds. The Morgan fingerprint density at radius 3 is 2.70 bits per heavy atom. The Hall–Kier alpha value is -1.92. The highest BCUT2D eigenvalue weighted by Crippen LogP contribution is 2.14. The van der Waals surface area contributed by atoms with Gasteiger partial charge in [0.15, 0.2) is 0 Å². The number of nitrogens with zero attached hydrogens (tertiary/aromatic N) is 3. The molecule has 1 heterocycles. The number of carboxylic acid groups (broad SMARTS) is 1. The first-order valence-electron chi connectivity index (χ1n) is 6.80. The van der Waals surface area contributed by atoms with E-state index >= 15 is 0 Å². The topological polar surface area (TPSA) is 97.1 Å². The third kappa shape index (κ3) is 6.86. The van der Waals surface area contributed by atoms with Crippen LogP contribution in [0.15, 0.2) is 12.4 Å². The number of carbonyl (C=O) groups is 2. The summed E-state index contributed by atoms with van der Waals surface area (Å²) in [5.74, 6) is -0.540. The lowest BCUT2D eigenvalue weighted by atomic mass is 9.94. The van der Waals surface area contributed by atoms with Crippen molar-refractivity contribution in [2.24, 2.45) is 11.8 Å². The van der Waals surface area contributed by atoms with Crippen molar-refractivity contribution in [1.82, 2.24) is 20.3 Å². The summed E-state index contributed by atoms with van der Waals surface area (Å²) in [5.41, 5.74) is 0. The van der Waals surface area contributed by atoms with Gasteiger partial charge < -0.3 is 10.4 Å². The van der Waals surface area contributed by atoms with Gasteiger partial charge in [-0.15, -0.1) is 5.10 Å². The van der Waals surface area contributed by atoms with Crippen LogP contribution in [-0.2, 0) is 16.1 Å². The monoisotopic (exact) mass is 282 g/mol. The molecule has 1 aromatic heterocycles. The largest absolute Gasteiger partial charge is 0.481 e. The molecule has 2 N–H and O–H groups in total. The number of nitrogens with one attached hydrogen (secondary N) is 1. The highest BCUT2D eigenvalue weighted by Gasteiger charge is 2.16. The average molecular weight is 282 g/mol. The average Bonchev–Trinajstić information content (AvgIpc) is 2.85. The third-order valence-corrected chi connectivity index (χ3v) is 2.90. The summed E-state index contributed by atoms with van der Waals surface area (Å²) in [6, 6.07) is 0. The summed E-state index contributed by atoms with van der Waals surface area (Å²) >= 11 is 0. The van der Waals surface area contributed by atoms with Crippen molar-refractivity contribution in [2.75, 3.05) is 6.54 Å². The first kappa shape index (κ1) is 16.1. The molecule has 0 spiro atoms. The van der Waals surface area contributed by atoms with Crippen molar-refractivity contribution in [3.63, 3.8) is 0 Å². The molecular formula is C13H22N4O3. The molecule has 0 aliphatic carbocycles. The Kier molecular flexibility index (Phi) is 6.69. The molecule has 7 heteroatoms. The second-order valence-electron chi connectivity index (χ2n) is 5.31. The molecule has 0 aromatic carbocycles. The van der Waals surface area contributed by atoms with E-state index in [-0.39, 0.29) is 18.2 Å². The molecular weight excluding hydrogens is 260 g/mol. The summed E-state index contributed by atoms with van der Waals surface area (Å²) in [4.78, 5) is 22.5. The normalized spacial score (nSPS) is 12.3. The smallest absolute Gasteiger partial charge is 0.303 e. The van der Waals surface area contributed by atoms with Crippen molar-refractivity contribution < 1.29 is 14.7 Å². The molecule has 1 unspecified atom stereocenters. The Labute approximate surface area is 118 Å². The van der Waals surface area contributed by atoms with Gasteiger partial charge in [-0.2, -0.15) is 0 Å². The molecule has 0 aliphatic rings. The maximum atomic E-state index is 11.7. The van der Waals surface area contributed by atoms with E-state index in [1.807, 2.05) is 13.8 Å². The number of rotatable bonds is 9. The van der Waals surface area contributed by atoms with E-state index in [4.69, 9.17) is 5.11 Å². The SMILES string of the molecule is CC(C)CC(CNC(=O)CCn1ccnn1)CC(=O)O. The van der Waals surface area contributed by atoms with Gasteiger partial charge in [0.05, 0.1) is 12.7 Å². The van der Waals surface area contributed by atoms with Crippen molar-refractivity contribution in [2.45, 2.75) is 39.7 Å². The summed E-state index contributed by atoms with van der Waals surface area (Å²) in [5, 5.41) is 19.1. The van der Waals surface area contributed by atoms with Gasteiger partial charge >= 0.3 is 5.97 Å². The van der Waals surface area contributed by atoms with Crippen LogP contribution in [0, 0.1) is 11.8 Å². The standard InChI is InChI=1S/C13H22N4O3/c1-10(2)7-11(8-13(19)20)9-14-12(18)3-5-17-6-4-15-16-17/h4,6,10-11H,3,5,7-9H2,1-2H3,(H,14,18)(H,19,20). The quantitative estimate of drug-likeness (QED) is 0.702. The highest BCUT2D eigenvalue weighted by atomic mass is 16.4. The minimum atomic E-state index is -0.826. The van der Waals surface area contributed by atoms with Crippen LogP contribution in [0.2, 0.25) is 0 Å². The zero-order valence-corrected chi connectivity index (χ0v) is 12.0. The zero-order valence-electron chi connectivity index (χ0n) is 12.0. The van der Waals surface area contributed by atoms with Crippen LogP contribution < -0.4 is 5.32 Å². The predicted octanol–water partition coefficient (Wildman–Crippen LogP) is 0.921. The van der Waals surface area contributed by atoms with Gasteiger partial charge in [0, 0.05) is 25.6 Å². The fourth-order valence-electron chi connectivity index (χ4n) is 2.07. The van der Waals surface area contributed by atoms with E-state index in [0.29, 0.717) is 25.4 Å². The van der Waals surface area contributed by atoms with E-state index < -0.39 is 5.97 Å². The molecule has 0 aliphatic heterocycles. The molecule has 20 heavy (non-hydrogen) atoms. The first-order valence-corrected chi connectivity index (χ1v) is 6.80. The summed E-state index contributed by atoms with van der Waals surface area (Å²) < 4.78 is 1.59. The van der Waals surface area contributed by atoms with Crippen LogP contribution in [0.25, 0.3) is 0 Å². The molecule has 1 atom stereocenters. The molecule has 0 saturated carbocycles. The van der Waals surface area contributed by atoms with Crippen molar-refractivity contribution in [3.05, 3.63) is 12.4 Å². The lowest BCUT2D eigenvalue weighted by molar-refractivity contribution is -0.138. The van der Waals surface area contributed by atoms with Gasteiger partial charge in [0.2, 0.25) is 5.91 Å². The lowest BCUT2D eigenvalue weighted by Crippen LogP contribution is -2.31. The number of hydrogen-bond acceptors (Lipinski definition) is 4. The van der Waals surface area contributed by atoms with Crippen LogP contribution in [0.4, 0.5) is 0 Å². The molecule has 0 radical (unpaired) electrons. The summed E-state index contributed by atoms with van der Waals surface area (Å²) in [7, 11) is 0. The molecule has 7 nitrogen and oxygen atoms in total. The first-order chi connectivity index (χ1) is 9.47. The highest BCUT2D eigenvalue weighted by molar-refractivity contribution is 5.75. The van der Waals surface area contributed by atoms with Gasteiger partial charge in [0.25, 0.3) is 0 Å². The van der Waals surface area contributed by atoms with Gasteiger partial charge in [-0.25, -0.2) is 0 Å². The van der Waals surface area contributed by atoms with Crippen molar-refractivity contribution in [1.29, 1.82) is 0 Å². The number of aliphatic carboxylic acids is 1. The number of carboxylic acids is 1. The van der Waals surface area contributed by atoms with E-state index in [0.717, 1.165) is 6.42 Å². The molecule has 0 fully saturated rings. The maximum Gasteiger partial charge on any atom is 0.303 e. The van der Waals surface area contributed by atoms with Gasteiger partial charge in [-0.1, -0.05) is 19.1 Å². The lowest BCUT2D eigenvalue weighted by Gasteiger charge is -2.17. The van der Waals surface area contributed by atoms with E-state index in [1.165, 1.54) is 0 Å². The third-order valence-electron chi connectivity index (χ3n) is 2.90. The molecule has 0 bridgehead atoms. The van der Waals surface area contributed by atoms with E-state index in [2.05, 4.69) is 15.6 Å². The number of aryl methyl sites for hydroxylation is 1. The van der Waals surface area contributed by atoms with Gasteiger partial charge in [0.1, 0.15) is 0 Å². The molecule has 1 aromatic rings. The molecule has 112 valence electrons. The minimum Gasteiger partial charge on any atom is -0.481 e. The van der Waals surface area contributed by atoms with Crippen LogP contribution in [0.1, 0.15) is 33.1 Å². The van der Waals surface area contributed by atoms with Crippen LogP contribution in [0.3, 0.4) is 0 Å².